The van der Waals surface area contributed by atoms with E-state index >= 15 is 0 Å². The number of carbonyl (C=O) groups is 2. The van der Waals surface area contributed by atoms with Crippen LogP contribution in [0.1, 0.15) is 0 Å². The summed E-state index contributed by atoms with van der Waals surface area (Å²) in [6.07, 6.45) is 0. The molecule has 0 unspecified atom stereocenters. The summed E-state index contributed by atoms with van der Waals surface area (Å²) in [4.78, 5) is 23.3. The van der Waals surface area contributed by atoms with Crippen LogP contribution in [0.5, 0.6) is 0 Å². The van der Waals surface area contributed by atoms with E-state index in [1.807, 2.05) is 0 Å². The van der Waals surface area contributed by atoms with Crippen LogP contribution in [0.3, 0.4) is 0 Å². The summed E-state index contributed by atoms with van der Waals surface area (Å²) in [7, 11) is 0. The number of rotatable bonds is 4. The Morgan fingerprint density at radius 3 is 2.22 bits per heavy atom. The lowest BCUT2D eigenvalue weighted by atomic mass is 10.3. The number of hydrogen-bond acceptors (Lipinski definition) is 2. The van der Waals surface area contributed by atoms with Crippen LogP contribution in [0.15, 0.2) is 42.5 Å². The molecule has 0 aromatic heterocycles. The second-order valence-electron chi connectivity index (χ2n) is 4.49. The zero-order valence-electron chi connectivity index (χ0n) is 11.7. The van der Waals surface area contributed by atoms with E-state index in [4.69, 9.17) is 23.2 Å². The second-order valence-corrected chi connectivity index (χ2v) is 5.31. The van der Waals surface area contributed by atoms with Crippen molar-refractivity contribution in [3.8, 4) is 0 Å². The average molecular weight is 356 g/mol. The average Bonchev–Trinajstić information content (AvgIpc) is 2.51. The van der Waals surface area contributed by atoms with Crippen LogP contribution in [0.25, 0.3) is 0 Å². The predicted octanol–water partition coefficient (Wildman–Crippen LogP) is 3.89. The van der Waals surface area contributed by atoms with Crippen LogP contribution < -0.4 is 16.0 Å². The molecule has 8 heteroatoms. The minimum Gasteiger partial charge on any atom is -0.329 e. The quantitative estimate of drug-likeness (QED) is 0.778. The zero-order valence-corrected chi connectivity index (χ0v) is 13.2. The monoisotopic (exact) mass is 355 g/mol. The Morgan fingerprint density at radius 2 is 1.57 bits per heavy atom. The van der Waals surface area contributed by atoms with Crippen molar-refractivity contribution in [2.24, 2.45) is 0 Å². The van der Waals surface area contributed by atoms with Gasteiger partial charge in [-0.15, -0.1) is 0 Å². The van der Waals surface area contributed by atoms with Crippen molar-refractivity contribution in [2.45, 2.75) is 0 Å². The molecule has 2 rings (SSSR count). The van der Waals surface area contributed by atoms with Crippen LogP contribution in [-0.2, 0) is 4.79 Å². The number of carbonyl (C=O) groups excluding carboxylic acids is 2. The Balaban J connectivity index is 1.80. The molecule has 0 aliphatic rings. The van der Waals surface area contributed by atoms with Gasteiger partial charge in [-0.1, -0.05) is 23.2 Å². The van der Waals surface area contributed by atoms with Crippen molar-refractivity contribution >= 4 is 46.5 Å². The summed E-state index contributed by atoms with van der Waals surface area (Å²) >= 11 is 11.6. The lowest BCUT2D eigenvalue weighted by Crippen LogP contribution is -2.35. The van der Waals surface area contributed by atoms with E-state index in [0.29, 0.717) is 21.4 Å². The largest absolute Gasteiger partial charge is 0.329 e. The van der Waals surface area contributed by atoms with E-state index < -0.39 is 17.8 Å². The van der Waals surface area contributed by atoms with Gasteiger partial charge in [-0.2, -0.15) is 0 Å². The molecule has 2 aromatic carbocycles. The van der Waals surface area contributed by atoms with E-state index in [9.17, 15) is 14.0 Å². The normalized spacial score (nSPS) is 10.0. The highest BCUT2D eigenvalue weighted by Gasteiger charge is 2.07. The second kappa shape index (κ2) is 7.80. The van der Waals surface area contributed by atoms with Crippen molar-refractivity contribution in [3.63, 3.8) is 0 Å². The molecule has 0 bridgehead atoms. The third-order valence-electron chi connectivity index (χ3n) is 2.71. The van der Waals surface area contributed by atoms with Gasteiger partial charge in [0, 0.05) is 11.4 Å². The standard InChI is InChI=1S/C15H12Cl2FN3O2/c16-12-6-5-11(7-13(12)17)21-15(23)19-8-14(22)20-10-3-1-9(18)2-4-10/h1-7H,8H2,(H,20,22)(H2,19,21,23). The Hall–Kier alpha value is -2.31. The van der Waals surface area contributed by atoms with Crippen LogP contribution >= 0.6 is 23.2 Å². The topological polar surface area (TPSA) is 70.2 Å². The van der Waals surface area contributed by atoms with Gasteiger partial charge in [0.2, 0.25) is 5.91 Å². The predicted molar refractivity (Wildman–Crippen MR) is 88.5 cm³/mol. The number of amides is 3. The SMILES string of the molecule is O=C(CNC(=O)Nc1ccc(Cl)c(Cl)c1)Nc1ccc(F)cc1. The molecule has 2 aromatic rings. The first kappa shape index (κ1) is 17.1. The van der Waals surface area contributed by atoms with Crippen LogP contribution in [0.2, 0.25) is 10.0 Å². The third kappa shape index (κ3) is 5.43. The van der Waals surface area contributed by atoms with Crippen molar-refractivity contribution in [3.05, 3.63) is 58.3 Å². The van der Waals surface area contributed by atoms with Crippen LogP contribution in [-0.4, -0.2) is 18.5 Å². The van der Waals surface area contributed by atoms with E-state index in [2.05, 4.69) is 16.0 Å². The summed E-state index contributed by atoms with van der Waals surface area (Å²) in [5.41, 5.74) is 0.874. The van der Waals surface area contributed by atoms with E-state index in [1.54, 1.807) is 12.1 Å². The molecule has 3 N–H and O–H groups in total. The molecule has 3 amide bonds. The van der Waals surface area contributed by atoms with Gasteiger partial charge in [-0.05, 0) is 42.5 Å². The number of benzene rings is 2. The van der Waals surface area contributed by atoms with Crippen LogP contribution in [0, 0.1) is 5.82 Å². The van der Waals surface area contributed by atoms with Gasteiger partial charge >= 0.3 is 6.03 Å². The highest BCUT2D eigenvalue weighted by Crippen LogP contribution is 2.24. The molecule has 0 radical (unpaired) electrons. The first-order valence-corrected chi connectivity index (χ1v) is 7.25. The highest BCUT2D eigenvalue weighted by molar-refractivity contribution is 6.42. The first-order chi connectivity index (χ1) is 10.9. The summed E-state index contributed by atoms with van der Waals surface area (Å²) in [6.45, 7) is -0.246. The molecule has 0 fully saturated rings. The Labute approximate surface area is 141 Å². The molecule has 120 valence electrons. The van der Waals surface area contributed by atoms with Gasteiger partial charge in [0.15, 0.2) is 0 Å². The van der Waals surface area contributed by atoms with Gasteiger partial charge < -0.3 is 16.0 Å². The molecule has 0 aliphatic carbocycles. The summed E-state index contributed by atoms with van der Waals surface area (Å²) < 4.78 is 12.7. The molecular formula is C15H12Cl2FN3O2. The van der Waals surface area contributed by atoms with E-state index in [1.165, 1.54) is 30.3 Å². The third-order valence-corrected chi connectivity index (χ3v) is 3.45. The first-order valence-electron chi connectivity index (χ1n) is 6.49. The van der Waals surface area contributed by atoms with Crippen molar-refractivity contribution < 1.29 is 14.0 Å². The van der Waals surface area contributed by atoms with Crippen LogP contribution in [0.4, 0.5) is 20.6 Å². The Morgan fingerprint density at radius 1 is 0.913 bits per heavy atom. The minimum atomic E-state index is -0.572. The molecule has 0 atom stereocenters. The number of hydrogen-bond donors (Lipinski definition) is 3. The molecule has 5 nitrogen and oxygen atoms in total. The number of halogens is 3. The lowest BCUT2D eigenvalue weighted by molar-refractivity contribution is -0.115. The maximum absolute atomic E-state index is 12.7. The fourth-order valence-corrected chi connectivity index (χ4v) is 1.95. The van der Waals surface area contributed by atoms with E-state index in [-0.39, 0.29) is 6.54 Å². The fraction of sp³-hybridized carbons (Fsp3) is 0.0667. The smallest absolute Gasteiger partial charge is 0.319 e. The molecule has 0 spiro atoms. The molecule has 23 heavy (non-hydrogen) atoms. The fourth-order valence-electron chi connectivity index (χ4n) is 1.65. The highest BCUT2D eigenvalue weighted by atomic mass is 35.5. The zero-order chi connectivity index (χ0) is 16.8. The Bertz CT molecular complexity index is 723. The molecule has 0 aliphatic heterocycles. The number of urea groups is 1. The minimum absolute atomic E-state index is 0.246. The lowest BCUT2D eigenvalue weighted by Gasteiger charge is -2.09. The van der Waals surface area contributed by atoms with Crippen molar-refractivity contribution in [2.75, 3.05) is 17.2 Å². The Kier molecular flexibility index (Phi) is 5.78. The van der Waals surface area contributed by atoms with Crippen molar-refractivity contribution in [1.82, 2.24) is 5.32 Å². The summed E-state index contributed by atoms with van der Waals surface area (Å²) in [6, 6.07) is 9.32. The van der Waals surface area contributed by atoms with Gasteiger partial charge in [0.1, 0.15) is 5.82 Å². The summed E-state index contributed by atoms with van der Waals surface area (Å²) in [5, 5.41) is 8.09. The molecule has 0 saturated heterocycles. The molecular weight excluding hydrogens is 344 g/mol. The number of anilines is 2. The molecule has 0 heterocycles. The maximum atomic E-state index is 12.7. The van der Waals surface area contributed by atoms with Crippen molar-refractivity contribution in [1.29, 1.82) is 0 Å². The van der Waals surface area contributed by atoms with Gasteiger partial charge in [0.05, 0.1) is 16.6 Å². The van der Waals surface area contributed by atoms with Gasteiger partial charge in [-0.3, -0.25) is 4.79 Å². The maximum Gasteiger partial charge on any atom is 0.319 e. The van der Waals surface area contributed by atoms with Gasteiger partial charge in [-0.25, -0.2) is 9.18 Å². The molecule has 0 saturated carbocycles. The summed E-state index contributed by atoms with van der Waals surface area (Å²) in [5.74, 6) is -0.844. The van der Waals surface area contributed by atoms with E-state index in [0.717, 1.165) is 0 Å². The van der Waals surface area contributed by atoms with Gasteiger partial charge in [0.25, 0.3) is 0 Å². The number of nitrogens with one attached hydrogen (secondary N) is 3.